The summed E-state index contributed by atoms with van der Waals surface area (Å²) in [6.45, 7) is 4.60. The summed E-state index contributed by atoms with van der Waals surface area (Å²) in [6.07, 6.45) is 3.53. The molecule has 0 aliphatic carbocycles. The van der Waals surface area contributed by atoms with Gasteiger partial charge in [0.05, 0.1) is 12.2 Å². The van der Waals surface area contributed by atoms with Gasteiger partial charge in [-0.05, 0) is 55.7 Å². The number of rotatable bonds is 7. The lowest BCUT2D eigenvalue weighted by atomic mass is 10.0. The zero-order valence-electron chi connectivity index (χ0n) is 21.9. The molecule has 1 amide bonds. The Morgan fingerprint density at radius 1 is 1.10 bits per heavy atom. The Balaban J connectivity index is 1.60. The molecule has 0 bridgehead atoms. The van der Waals surface area contributed by atoms with E-state index in [0.717, 1.165) is 24.4 Å². The highest BCUT2D eigenvalue weighted by Gasteiger charge is 2.34. The van der Waals surface area contributed by atoms with Crippen LogP contribution < -0.4 is 5.56 Å². The summed E-state index contributed by atoms with van der Waals surface area (Å²) in [4.78, 5) is 36.5. The molecule has 1 aliphatic heterocycles. The molecular weight excluding hydrogens is 525 g/mol. The third-order valence-corrected chi connectivity index (χ3v) is 7.12. The molecule has 0 saturated carbocycles. The van der Waals surface area contributed by atoms with Crippen LogP contribution in [-0.2, 0) is 6.54 Å². The molecule has 4 aromatic rings. The molecule has 40 heavy (non-hydrogen) atoms. The van der Waals surface area contributed by atoms with Gasteiger partial charge in [0, 0.05) is 43.5 Å². The summed E-state index contributed by atoms with van der Waals surface area (Å²) in [5.74, 6) is -3.74. The zero-order valence-corrected chi connectivity index (χ0v) is 21.9. The van der Waals surface area contributed by atoms with Crippen LogP contribution in [0.1, 0.15) is 60.3 Å². The highest BCUT2D eigenvalue weighted by Crippen LogP contribution is 2.34. The minimum absolute atomic E-state index is 0.0439. The van der Waals surface area contributed by atoms with Crippen LogP contribution >= 0.6 is 0 Å². The second-order valence-corrected chi connectivity index (χ2v) is 9.63. The Kier molecular flexibility index (Phi) is 7.42. The first-order chi connectivity index (χ1) is 19.2. The highest BCUT2D eigenvalue weighted by atomic mass is 19.1. The molecule has 1 N–H and O–H groups in total. The van der Waals surface area contributed by atoms with E-state index >= 15 is 0 Å². The van der Waals surface area contributed by atoms with Crippen molar-refractivity contribution in [2.24, 2.45) is 0 Å². The average molecular weight is 553 g/mol. The first kappa shape index (κ1) is 27.1. The number of pyridine rings is 1. The number of aromatic hydroxyl groups is 1. The summed E-state index contributed by atoms with van der Waals surface area (Å²) < 4.78 is 44.6. The van der Waals surface area contributed by atoms with Crippen molar-refractivity contribution in [3.8, 4) is 17.4 Å². The summed E-state index contributed by atoms with van der Waals surface area (Å²) in [6, 6.07) is 6.55. The number of aromatic nitrogens is 5. The fourth-order valence-corrected chi connectivity index (χ4v) is 5.15. The minimum Gasteiger partial charge on any atom is -0.494 e. The topological polar surface area (TPSA) is 106 Å². The van der Waals surface area contributed by atoms with E-state index < -0.39 is 46.4 Å². The maximum Gasteiger partial charge on any atom is 0.290 e. The lowest BCUT2D eigenvalue weighted by molar-refractivity contribution is 0.0783. The summed E-state index contributed by atoms with van der Waals surface area (Å²) >= 11 is 0. The van der Waals surface area contributed by atoms with Crippen molar-refractivity contribution in [1.29, 1.82) is 0 Å². The van der Waals surface area contributed by atoms with Gasteiger partial charge in [0.25, 0.3) is 11.5 Å². The molecule has 1 aliphatic rings. The Bertz CT molecular complexity index is 1600. The SMILES string of the molecule is CC[C@@H](c1cc(F)cc(F)c1)n1c(-c2ccn(CC)n2)nc(=O)c(C(=O)N2CCC(c3ccc(F)cn3)C2)c1O. The van der Waals surface area contributed by atoms with Crippen molar-refractivity contribution in [1.82, 2.24) is 29.2 Å². The van der Waals surface area contributed by atoms with Crippen molar-refractivity contribution in [3.05, 3.63) is 93.4 Å². The minimum atomic E-state index is -0.955. The average Bonchev–Trinajstić information content (AvgIpc) is 3.60. The number of benzene rings is 1. The predicted octanol–water partition coefficient (Wildman–Crippen LogP) is 4.27. The molecule has 9 nitrogen and oxygen atoms in total. The van der Waals surface area contributed by atoms with Gasteiger partial charge < -0.3 is 10.0 Å². The van der Waals surface area contributed by atoms with Crippen molar-refractivity contribution in [2.45, 2.75) is 45.2 Å². The Morgan fingerprint density at radius 2 is 1.85 bits per heavy atom. The number of nitrogens with zero attached hydrogens (tertiary/aromatic N) is 6. The number of hydrogen-bond donors (Lipinski definition) is 1. The summed E-state index contributed by atoms with van der Waals surface area (Å²) in [7, 11) is 0. The Labute approximate surface area is 227 Å². The van der Waals surface area contributed by atoms with Crippen LogP contribution in [0.25, 0.3) is 11.5 Å². The number of halogens is 3. The monoisotopic (exact) mass is 552 g/mol. The van der Waals surface area contributed by atoms with Gasteiger partial charge >= 0.3 is 0 Å². The van der Waals surface area contributed by atoms with Gasteiger partial charge in [0.1, 0.15) is 23.1 Å². The number of amides is 1. The number of carbonyl (C=O) groups is 1. The highest BCUT2D eigenvalue weighted by molar-refractivity contribution is 5.96. The zero-order chi connectivity index (χ0) is 28.6. The van der Waals surface area contributed by atoms with Gasteiger partial charge in [-0.15, -0.1) is 0 Å². The van der Waals surface area contributed by atoms with Gasteiger partial charge in [-0.1, -0.05) is 6.92 Å². The molecule has 0 radical (unpaired) electrons. The van der Waals surface area contributed by atoms with Crippen molar-refractivity contribution in [2.75, 3.05) is 13.1 Å². The van der Waals surface area contributed by atoms with E-state index in [1.807, 2.05) is 6.92 Å². The number of likely N-dealkylation sites (tertiary alicyclic amines) is 1. The molecule has 1 saturated heterocycles. The van der Waals surface area contributed by atoms with Crippen LogP contribution in [0.2, 0.25) is 0 Å². The second kappa shape index (κ2) is 10.9. The molecule has 5 rings (SSSR count). The molecule has 3 aromatic heterocycles. The smallest absolute Gasteiger partial charge is 0.290 e. The molecule has 1 aromatic carbocycles. The Hall–Kier alpha value is -4.48. The predicted molar refractivity (Wildman–Crippen MR) is 139 cm³/mol. The third kappa shape index (κ3) is 5.08. The van der Waals surface area contributed by atoms with Gasteiger partial charge in [0.15, 0.2) is 11.4 Å². The summed E-state index contributed by atoms with van der Waals surface area (Å²) in [5.41, 5.74) is -0.478. The molecular formula is C28H27F3N6O3. The third-order valence-electron chi connectivity index (χ3n) is 7.12. The van der Waals surface area contributed by atoms with E-state index in [1.54, 1.807) is 29.9 Å². The second-order valence-electron chi connectivity index (χ2n) is 9.63. The molecule has 0 spiro atoms. The van der Waals surface area contributed by atoms with E-state index in [-0.39, 0.29) is 42.5 Å². The Morgan fingerprint density at radius 3 is 2.48 bits per heavy atom. The lowest BCUT2D eigenvalue weighted by Crippen LogP contribution is -2.35. The van der Waals surface area contributed by atoms with Crippen LogP contribution in [0.5, 0.6) is 5.88 Å². The van der Waals surface area contributed by atoms with Crippen LogP contribution in [0.4, 0.5) is 13.2 Å². The molecule has 12 heteroatoms. The molecule has 2 atom stereocenters. The maximum absolute atomic E-state index is 14.2. The first-order valence-corrected chi connectivity index (χ1v) is 13.0. The van der Waals surface area contributed by atoms with Crippen LogP contribution in [0.15, 0.2) is 53.6 Å². The van der Waals surface area contributed by atoms with E-state index in [4.69, 9.17) is 0 Å². The molecule has 208 valence electrons. The molecule has 1 fully saturated rings. The lowest BCUT2D eigenvalue weighted by Gasteiger charge is -2.25. The standard InChI is InChI=1S/C28H27F3N6O3/c1-3-23(17-11-19(30)13-20(31)12-17)37-25(22-8-10-36(4-2)34-22)33-26(38)24(28(37)40)27(39)35-9-7-16(15-35)21-6-5-18(29)14-32-21/h5-6,8,10-14,16,23,40H,3-4,7,9,15H2,1-2H3/t16?,23-/m0/s1. The largest absolute Gasteiger partial charge is 0.494 e. The quantitative estimate of drug-likeness (QED) is 0.367. The van der Waals surface area contributed by atoms with Crippen molar-refractivity contribution < 1.29 is 23.1 Å². The van der Waals surface area contributed by atoms with Crippen molar-refractivity contribution in [3.63, 3.8) is 0 Å². The summed E-state index contributed by atoms with van der Waals surface area (Å²) in [5, 5.41) is 15.9. The van der Waals surface area contributed by atoms with E-state index in [0.29, 0.717) is 18.7 Å². The number of hydrogen-bond acceptors (Lipinski definition) is 6. The normalized spacial score (nSPS) is 15.9. The van der Waals surface area contributed by atoms with Gasteiger partial charge in [-0.25, -0.2) is 13.2 Å². The van der Waals surface area contributed by atoms with E-state index in [1.165, 1.54) is 15.5 Å². The van der Waals surface area contributed by atoms with Crippen LogP contribution in [-0.4, -0.2) is 53.3 Å². The molecule has 4 heterocycles. The number of carbonyl (C=O) groups excluding carboxylic acids is 1. The van der Waals surface area contributed by atoms with E-state index in [2.05, 4.69) is 15.1 Å². The van der Waals surface area contributed by atoms with Gasteiger partial charge in [0.2, 0.25) is 5.88 Å². The fraction of sp³-hybridized carbons (Fsp3) is 0.321. The number of aryl methyl sites for hydroxylation is 1. The maximum atomic E-state index is 14.2. The van der Waals surface area contributed by atoms with Crippen LogP contribution in [0, 0.1) is 17.5 Å². The van der Waals surface area contributed by atoms with Crippen molar-refractivity contribution >= 4 is 5.91 Å². The fourth-order valence-electron chi connectivity index (χ4n) is 5.15. The van der Waals surface area contributed by atoms with Gasteiger partial charge in [-0.2, -0.15) is 10.1 Å². The molecule has 1 unspecified atom stereocenters. The van der Waals surface area contributed by atoms with Crippen LogP contribution in [0.3, 0.4) is 0 Å². The van der Waals surface area contributed by atoms with Gasteiger partial charge in [-0.3, -0.25) is 23.8 Å². The van der Waals surface area contributed by atoms with E-state index in [9.17, 15) is 27.9 Å². The first-order valence-electron chi connectivity index (χ1n) is 13.0.